The lowest BCUT2D eigenvalue weighted by Crippen LogP contribution is -2.25. The smallest absolute Gasteiger partial charge is 0.254 e. The van der Waals surface area contributed by atoms with E-state index in [1.807, 2.05) is 0 Å². The van der Waals surface area contributed by atoms with E-state index >= 15 is 0 Å². The molecule has 2 N–H and O–H groups in total. The first-order valence-electron chi connectivity index (χ1n) is 7.38. The van der Waals surface area contributed by atoms with E-state index in [-0.39, 0.29) is 12.2 Å². The SMILES string of the molecule is O=C(NCCCC1CC1)c1cc(C#CCCO)ccc1F. The summed E-state index contributed by atoms with van der Waals surface area (Å²) in [5.41, 5.74) is 0.602. The van der Waals surface area contributed by atoms with E-state index in [2.05, 4.69) is 17.2 Å². The Hall–Kier alpha value is -1.86. The number of hydrogen-bond acceptors (Lipinski definition) is 2. The van der Waals surface area contributed by atoms with Gasteiger partial charge in [-0.1, -0.05) is 24.7 Å². The van der Waals surface area contributed by atoms with Gasteiger partial charge < -0.3 is 10.4 Å². The Kier molecular flexibility index (Phi) is 5.77. The van der Waals surface area contributed by atoms with Crippen LogP contribution >= 0.6 is 0 Å². The molecule has 2 rings (SSSR count). The molecule has 0 spiro atoms. The van der Waals surface area contributed by atoms with E-state index in [4.69, 9.17) is 5.11 Å². The lowest BCUT2D eigenvalue weighted by Gasteiger charge is -2.06. The molecule has 1 aliphatic carbocycles. The molecule has 3 nitrogen and oxygen atoms in total. The summed E-state index contributed by atoms with van der Waals surface area (Å²) >= 11 is 0. The third-order valence-electron chi connectivity index (χ3n) is 3.45. The van der Waals surface area contributed by atoms with Crippen LogP contribution in [0.4, 0.5) is 4.39 Å². The van der Waals surface area contributed by atoms with Gasteiger partial charge >= 0.3 is 0 Å². The maximum atomic E-state index is 13.7. The van der Waals surface area contributed by atoms with E-state index in [1.54, 1.807) is 0 Å². The summed E-state index contributed by atoms with van der Waals surface area (Å²) in [5, 5.41) is 11.4. The number of amides is 1. The number of aliphatic hydroxyl groups excluding tert-OH is 1. The van der Waals surface area contributed by atoms with Crippen molar-refractivity contribution < 1.29 is 14.3 Å². The Morgan fingerprint density at radius 2 is 2.24 bits per heavy atom. The molecular formula is C17H20FNO2. The molecule has 1 aromatic carbocycles. The fourth-order valence-corrected chi connectivity index (χ4v) is 2.09. The van der Waals surface area contributed by atoms with Crippen molar-refractivity contribution >= 4 is 5.91 Å². The maximum absolute atomic E-state index is 13.7. The molecule has 1 aliphatic rings. The standard InChI is InChI=1S/C17H20FNO2/c18-16-9-8-14(4-1-2-11-20)12-15(16)17(21)19-10-3-5-13-6-7-13/h8-9,12-13,20H,2-3,5-7,10-11H2,(H,19,21). The zero-order valence-corrected chi connectivity index (χ0v) is 12.0. The third-order valence-corrected chi connectivity index (χ3v) is 3.45. The average molecular weight is 289 g/mol. The second-order valence-corrected chi connectivity index (χ2v) is 5.31. The summed E-state index contributed by atoms with van der Waals surface area (Å²) < 4.78 is 13.7. The van der Waals surface area contributed by atoms with E-state index in [9.17, 15) is 9.18 Å². The number of halogens is 1. The third kappa shape index (κ3) is 5.20. The normalized spacial score (nSPS) is 13.4. The van der Waals surface area contributed by atoms with Gasteiger partial charge in [0.1, 0.15) is 5.82 Å². The van der Waals surface area contributed by atoms with Crippen LogP contribution in [0.15, 0.2) is 18.2 Å². The Morgan fingerprint density at radius 1 is 1.43 bits per heavy atom. The topological polar surface area (TPSA) is 49.3 Å². The molecule has 0 heterocycles. The van der Waals surface area contributed by atoms with Gasteiger partial charge in [0, 0.05) is 18.5 Å². The van der Waals surface area contributed by atoms with Crippen LogP contribution in [0, 0.1) is 23.6 Å². The van der Waals surface area contributed by atoms with Crippen LogP contribution in [0.5, 0.6) is 0 Å². The minimum absolute atomic E-state index is 0.0114. The van der Waals surface area contributed by atoms with Gasteiger partial charge in [0.05, 0.1) is 12.2 Å². The highest BCUT2D eigenvalue weighted by molar-refractivity contribution is 5.94. The van der Waals surface area contributed by atoms with Crippen LogP contribution in [0.1, 0.15) is 48.0 Å². The summed E-state index contributed by atoms with van der Waals surface area (Å²) in [6.45, 7) is 0.567. The minimum atomic E-state index is -0.539. The van der Waals surface area contributed by atoms with E-state index in [0.717, 1.165) is 18.8 Å². The predicted molar refractivity (Wildman–Crippen MR) is 79.3 cm³/mol. The van der Waals surface area contributed by atoms with Crippen molar-refractivity contribution in [3.63, 3.8) is 0 Å². The zero-order valence-electron chi connectivity index (χ0n) is 12.0. The van der Waals surface area contributed by atoms with E-state index in [1.165, 1.54) is 31.0 Å². The van der Waals surface area contributed by atoms with Crippen LogP contribution in [0.2, 0.25) is 0 Å². The molecule has 0 bridgehead atoms. The lowest BCUT2D eigenvalue weighted by molar-refractivity contribution is 0.0948. The molecule has 1 fully saturated rings. The van der Waals surface area contributed by atoms with E-state index < -0.39 is 11.7 Å². The molecular weight excluding hydrogens is 269 g/mol. The zero-order chi connectivity index (χ0) is 15.1. The van der Waals surface area contributed by atoms with Crippen molar-refractivity contribution in [1.82, 2.24) is 5.32 Å². The molecule has 21 heavy (non-hydrogen) atoms. The van der Waals surface area contributed by atoms with Gasteiger partial charge in [-0.25, -0.2) is 4.39 Å². The van der Waals surface area contributed by atoms with Crippen LogP contribution in [-0.2, 0) is 0 Å². The second-order valence-electron chi connectivity index (χ2n) is 5.31. The lowest BCUT2D eigenvalue weighted by atomic mass is 10.1. The Morgan fingerprint density at radius 3 is 2.95 bits per heavy atom. The molecule has 1 aromatic rings. The monoisotopic (exact) mass is 289 g/mol. The molecule has 4 heteroatoms. The minimum Gasteiger partial charge on any atom is -0.395 e. The molecule has 0 unspecified atom stereocenters. The van der Waals surface area contributed by atoms with Crippen molar-refractivity contribution in [2.45, 2.75) is 32.1 Å². The van der Waals surface area contributed by atoms with Crippen molar-refractivity contribution in [2.24, 2.45) is 5.92 Å². The first-order chi connectivity index (χ1) is 10.2. The molecule has 112 valence electrons. The summed E-state index contributed by atoms with van der Waals surface area (Å²) in [6.07, 6.45) is 5.04. The van der Waals surface area contributed by atoms with Gasteiger partial charge in [0.15, 0.2) is 0 Å². The predicted octanol–water partition coefficient (Wildman–Crippen LogP) is 2.48. The highest BCUT2D eigenvalue weighted by atomic mass is 19.1. The van der Waals surface area contributed by atoms with Gasteiger partial charge in [-0.05, 0) is 37.0 Å². The highest BCUT2D eigenvalue weighted by Crippen LogP contribution is 2.33. The van der Waals surface area contributed by atoms with E-state index in [0.29, 0.717) is 18.5 Å². The van der Waals surface area contributed by atoms with Crippen molar-refractivity contribution in [3.8, 4) is 11.8 Å². The van der Waals surface area contributed by atoms with Gasteiger partial charge in [-0.3, -0.25) is 4.79 Å². The molecule has 0 aromatic heterocycles. The molecule has 1 saturated carbocycles. The fourth-order valence-electron chi connectivity index (χ4n) is 2.09. The fraction of sp³-hybridized carbons (Fsp3) is 0.471. The number of aliphatic hydroxyl groups is 1. The summed E-state index contributed by atoms with van der Waals surface area (Å²) in [7, 11) is 0. The number of nitrogens with one attached hydrogen (secondary N) is 1. The molecule has 0 radical (unpaired) electrons. The van der Waals surface area contributed by atoms with Crippen LogP contribution in [0.3, 0.4) is 0 Å². The molecule has 0 atom stereocenters. The first-order valence-corrected chi connectivity index (χ1v) is 7.38. The van der Waals surface area contributed by atoms with Crippen molar-refractivity contribution in [1.29, 1.82) is 0 Å². The number of rotatable bonds is 6. The summed E-state index contributed by atoms with van der Waals surface area (Å²) in [4.78, 5) is 12.0. The molecule has 0 aliphatic heterocycles. The van der Waals surface area contributed by atoms with Crippen LogP contribution in [-0.4, -0.2) is 24.2 Å². The van der Waals surface area contributed by atoms with Crippen LogP contribution < -0.4 is 5.32 Å². The van der Waals surface area contributed by atoms with Gasteiger partial charge in [-0.15, -0.1) is 0 Å². The van der Waals surface area contributed by atoms with Crippen molar-refractivity contribution in [3.05, 3.63) is 35.1 Å². The number of benzene rings is 1. The van der Waals surface area contributed by atoms with Crippen molar-refractivity contribution in [2.75, 3.05) is 13.2 Å². The highest BCUT2D eigenvalue weighted by Gasteiger charge is 2.20. The number of carbonyl (C=O) groups is 1. The Bertz CT molecular complexity index is 556. The van der Waals surface area contributed by atoms with Gasteiger partial charge in [0.25, 0.3) is 5.91 Å². The Labute approximate surface area is 124 Å². The maximum Gasteiger partial charge on any atom is 0.254 e. The number of hydrogen-bond donors (Lipinski definition) is 2. The van der Waals surface area contributed by atoms with Gasteiger partial charge in [-0.2, -0.15) is 0 Å². The first kappa shape index (κ1) is 15.5. The quantitative estimate of drug-likeness (QED) is 0.624. The largest absolute Gasteiger partial charge is 0.395 e. The number of carbonyl (C=O) groups excluding carboxylic acids is 1. The molecule has 0 saturated heterocycles. The van der Waals surface area contributed by atoms with Crippen LogP contribution in [0.25, 0.3) is 0 Å². The Balaban J connectivity index is 1.91. The molecule has 1 amide bonds. The average Bonchev–Trinajstić information content (AvgIpc) is 3.29. The van der Waals surface area contributed by atoms with Gasteiger partial charge in [0.2, 0.25) is 0 Å². The summed E-state index contributed by atoms with van der Waals surface area (Å²) in [6, 6.07) is 4.24. The summed E-state index contributed by atoms with van der Waals surface area (Å²) in [5.74, 6) is 5.46. The second kappa shape index (κ2) is 7.80.